The lowest BCUT2D eigenvalue weighted by molar-refractivity contribution is -0.117. The molecule has 3 fully saturated rings. The van der Waals surface area contributed by atoms with Crippen LogP contribution in [-0.4, -0.2) is 78.6 Å². The normalized spacial score (nSPS) is 21.1. The summed E-state index contributed by atoms with van der Waals surface area (Å²) in [6, 6.07) is 6.09. The number of rotatable bonds is 7. The lowest BCUT2D eigenvalue weighted by atomic mass is 10.0. The van der Waals surface area contributed by atoms with Crippen molar-refractivity contribution in [1.82, 2.24) is 20.2 Å². The molecule has 2 N–H and O–H groups in total. The molecule has 214 valence electrons. The van der Waals surface area contributed by atoms with Crippen molar-refractivity contribution in [2.75, 3.05) is 48.8 Å². The van der Waals surface area contributed by atoms with Gasteiger partial charge in [0.05, 0.1) is 24.5 Å². The molecule has 1 aromatic carbocycles. The number of hydrogen-bond acceptors (Lipinski definition) is 8. The van der Waals surface area contributed by atoms with E-state index in [4.69, 9.17) is 9.72 Å². The Morgan fingerprint density at radius 2 is 1.73 bits per heavy atom. The smallest absolute Gasteiger partial charge is 0.251 e. The molecule has 2 aliphatic heterocycles. The van der Waals surface area contributed by atoms with E-state index in [1.165, 1.54) is 12.8 Å². The third-order valence-corrected chi connectivity index (χ3v) is 8.97. The predicted molar refractivity (Wildman–Crippen MR) is 156 cm³/mol. The molecule has 40 heavy (non-hydrogen) atoms. The van der Waals surface area contributed by atoms with Gasteiger partial charge in [0, 0.05) is 24.7 Å². The molecule has 10 nitrogen and oxygen atoms in total. The molecule has 1 aromatic heterocycles. The van der Waals surface area contributed by atoms with Crippen LogP contribution in [0.5, 0.6) is 5.75 Å². The maximum absolute atomic E-state index is 13.2. The quantitative estimate of drug-likeness (QED) is 0.534. The molecule has 0 atom stereocenters. The fraction of sp³-hybridized carbons (Fsp3) is 0.600. The van der Waals surface area contributed by atoms with Crippen LogP contribution >= 0.6 is 0 Å². The van der Waals surface area contributed by atoms with E-state index in [-0.39, 0.29) is 24.0 Å². The van der Waals surface area contributed by atoms with Crippen LogP contribution in [0.25, 0.3) is 0 Å². The minimum atomic E-state index is -0.0673. The molecule has 2 saturated carbocycles. The van der Waals surface area contributed by atoms with Gasteiger partial charge in [0.25, 0.3) is 5.91 Å². The van der Waals surface area contributed by atoms with Gasteiger partial charge in [0.1, 0.15) is 11.4 Å². The highest BCUT2D eigenvalue weighted by Gasteiger charge is 2.34. The number of nitrogens with zero attached hydrogens (tertiary/aromatic N) is 5. The van der Waals surface area contributed by atoms with Gasteiger partial charge in [-0.1, -0.05) is 12.8 Å². The lowest BCUT2D eigenvalue weighted by Crippen LogP contribution is -2.48. The number of piperidine rings is 1. The van der Waals surface area contributed by atoms with Crippen molar-refractivity contribution in [3.05, 3.63) is 30.0 Å². The highest BCUT2D eigenvalue weighted by molar-refractivity contribution is 6.02. The zero-order valence-electron chi connectivity index (χ0n) is 23.7. The van der Waals surface area contributed by atoms with Crippen molar-refractivity contribution in [2.24, 2.45) is 0 Å². The van der Waals surface area contributed by atoms with E-state index >= 15 is 0 Å². The SMILES string of the molecule is CN1CCC(NC(=O)c2ccc(Nc3ncc4c(n3)N(C3CCCC3)CC(=O)N4C)c(OC3CCCC3)c2)CC1. The van der Waals surface area contributed by atoms with Gasteiger partial charge >= 0.3 is 0 Å². The number of carbonyl (C=O) groups is 2. The number of fused-ring (bicyclic) bond motifs is 1. The van der Waals surface area contributed by atoms with E-state index in [2.05, 4.69) is 32.5 Å². The van der Waals surface area contributed by atoms with Crippen molar-refractivity contribution < 1.29 is 14.3 Å². The Balaban J connectivity index is 1.25. The molecule has 6 rings (SSSR count). The maximum Gasteiger partial charge on any atom is 0.251 e. The number of carbonyl (C=O) groups excluding carboxylic acids is 2. The monoisotopic (exact) mass is 547 g/mol. The Morgan fingerprint density at radius 1 is 1.00 bits per heavy atom. The Bertz CT molecular complexity index is 1230. The topological polar surface area (TPSA) is 103 Å². The highest BCUT2D eigenvalue weighted by atomic mass is 16.5. The number of amides is 2. The predicted octanol–water partition coefficient (Wildman–Crippen LogP) is 4.09. The van der Waals surface area contributed by atoms with E-state index in [9.17, 15) is 9.59 Å². The summed E-state index contributed by atoms with van der Waals surface area (Å²) in [6.45, 7) is 2.32. The minimum Gasteiger partial charge on any atom is -0.488 e. The first-order chi connectivity index (χ1) is 19.4. The van der Waals surface area contributed by atoms with Crippen LogP contribution in [0.1, 0.15) is 74.6 Å². The van der Waals surface area contributed by atoms with Crippen LogP contribution in [0.2, 0.25) is 0 Å². The molecular weight excluding hydrogens is 506 g/mol. The summed E-state index contributed by atoms with van der Waals surface area (Å²) in [5.41, 5.74) is 2.06. The standard InChI is InChI=1S/C30H41N7O3/c1-35-15-13-21(14-16-35)32-29(39)20-11-12-24(26(17-20)40-23-9-5-6-10-23)33-30-31-18-25-28(34-30)37(19-27(38)36(25)2)22-7-3-4-8-22/h11-12,17-18,21-23H,3-10,13-16,19H2,1-2H3,(H,32,39)(H,31,33,34). The number of hydrogen-bond donors (Lipinski definition) is 2. The first kappa shape index (κ1) is 26.8. The number of aromatic nitrogens is 2. The number of nitrogens with one attached hydrogen (secondary N) is 2. The van der Waals surface area contributed by atoms with Gasteiger partial charge in [-0.05, 0) is 89.7 Å². The van der Waals surface area contributed by atoms with Crippen LogP contribution in [-0.2, 0) is 4.79 Å². The molecular formula is C30H41N7O3. The molecule has 3 heterocycles. The van der Waals surface area contributed by atoms with Crippen molar-refractivity contribution in [3.63, 3.8) is 0 Å². The minimum absolute atomic E-state index is 0.0603. The fourth-order valence-electron chi connectivity index (χ4n) is 6.45. The second-order valence-electron chi connectivity index (χ2n) is 11.8. The number of benzene rings is 1. The fourth-order valence-corrected chi connectivity index (χ4v) is 6.45. The van der Waals surface area contributed by atoms with Gasteiger partial charge in [0.2, 0.25) is 11.9 Å². The first-order valence-corrected chi connectivity index (χ1v) is 14.9. The number of ether oxygens (including phenoxy) is 1. The molecule has 0 spiro atoms. The summed E-state index contributed by atoms with van der Waals surface area (Å²) in [7, 11) is 3.90. The third kappa shape index (κ3) is 5.73. The number of likely N-dealkylation sites (N-methyl/N-ethyl adjacent to an activating group) is 1. The summed E-state index contributed by atoms with van der Waals surface area (Å²) >= 11 is 0. The van der Waals surface area contributed by atoms with Gasteiger partial charge in [-0.3, -0.25) is 9.59 Å². The van der Waals surface area contributed by atoms with Crippen molar-refractivity contribution in [1.29, 1.82) is 0 Å². The van der Waals surface area contributed by atoms with Gasteiger partial charge < -0.3 is 30.1 Å². The van der Waals surface area contributed by atoms with Crippen molar-refractivity contribution in [2.45, 2.75) is 82.4 Å². The molecule has 4 aliphatic rings. The summed E-state index contributed by atoms with van der Waals surface area (Å²) in [6.07, 6.45) is 12.6. The van der Waals surface area contributed by atoms with E-state index in [0.29, 0.717) is 29.8 Å². The molecule has 2 aromatic rings. The van der Waals surface area contributed by atoms with Crippen molar-refractivity contribution in [3.8, 4) is 5.75 Å². The Labute approximate surface area is 236 Å². The molecule has 2 aliphatic carbocycles. The van der Waals surface area contributed by atoms with Gasteiger partial charge in [-0.15, -0.1) is 0 Å². The second kappa shape index (κ2) is 11.6. The second-order valence-corrected chi connectivity index (χ2v) is 11.8. The summed E-state index contributed by atoms with van der Waals surface area (Å²) < 4.78 is 6.45. The average molecular weight is 548 g/mol. The Hall–Kier alpha value is -3.40. The van der Waals surface area contributed by atoms with Gasteiger partial charge in [-0.25, -0.2) is 4.98 Å². The van der Waals surface area contributed by atoms with Gasteiger partial charge in [0.15, 0.2) is 5.82 Å². The van der Waals surface area contributed by atoms with Crippen LogP contribution in [0.3, 0.4) is 0 Å². The van der Waals surface area contributed by atoms with E-state index in [0.717, 1.165) is 81.6 Å². The lowest BCUT2D eigenvalue weighted by Gasteiger charge is -2.37. The van der Waals surface area contributed by atoms with E-state index in [1.807, 2.05) is 18.2 Å². The van der Waals surface area contributed by atoms with Crippen LogP contribution in [0.15, 0.2) is 24.4 Å². The van der Waals surface area contributed by atoms with Crippen LogP contribution in [0, 0.1) is 0 Å². The van der Waals surface area contributed by atoms with E-state index < -0.39 is 0 Å². The zero-order valence-corrected chi connectivity index (χ0v) is 23.7. The molecule has 0 radical (unpaired) electrons. The van der Waals surface area contributed by atoms with Crippen LogP contribution < -0.4 is 25.2 Å². The first-order valence-electron chi connectivity index (χ1n) is 14.9. The summed E-state index contributed by atoms with van der Waals surface area (Å²) in [4.78, 5) is 41.4. The number of anilines is 4. The largest absolute Gasteiger partial charge is 0.488 e. The Morgan fingerprint density at radius 3 is 2.48 bits per heavy atom. The van der Waals surface area contributed by atoms with Crippen LogP contribution in [0.4, 0.5) is 23.1 Å². The molecule has 10 heteroatoms. The van der Waals surface area contributed by atoms with E-state index in [1.54, 1.807) is 18.1 Å². The molecule has 0 bridgehead atoms. The molecule has 2 amide bonds. The Kier molecular flexibility index (Phi) is 7.78. The van der Waals surface area contributed by atoms with Gasteiger partial charge in [-0.2, -0.15) is 4.98 Å². The average Bonchev–Trinajstić information content (AvgIpc) is 3.68. The number of likely N-dealkylation sites (tertiary alicyclic amines) is 1. The van der Waals surface area contributed by atoms with Crippen molar-refractivity contribution >= 4 is 35.0 Å². The molecule has 1 saturated heterocycles. The zero-order chi connectivity index (χ0) is 27.6. The summed E-state index contributed by atoms with van der Waals surface area (Å²) in [5.74, 6) is 1.87. The third-order valence-electron chi connectivity index (χ3n) is 8.97. The molecule has 0 unspecified atom stereocenters. The summed E-state index contributed by atoms with van der Waals surface area (Å²) in [5, 5.41) is 6.59. The highest BCUT2D eigenvalue weighted by Crippen LogP contribution is 2.38. The maximum atomic E-state index is 13.2.